The van der Waals surface area contributed by atoms with Crippen LogP contribution in [0, 0.1) is 5.82 Å². The van der Waals surface area contributed by atoms with E-state index < -0.39 is 29.3 Å². The number of nitrogens with zero attached hydrogens (tertiary/aromatic N) is 1. The summed E-state index contributed by atoms with van der Waals surface area (Å²) in [6.45, 7) is 2.19. The van der Waals surface area contributed by atoms with Gasteiger partial charge in [0, 0.05) is 11.3 Å². The lowest BCUT2D eigenvalue weighted by Crippen LogP contribution is -2.29. The van der Waals surface area contributed by atoms with Gasteiger partial charge >= 0.3 is 0 Å². The van der Waals surface area contributed by atoms with E-state index in [0.29, 0.717) is 29.4 Å². The molecule has 39 heavy (non-hydrogen) atoms. The number of amides is 1. The first-order valence-electron chi connectivity index (χ1n) is 12.2. The molecule has 1 fully saturated rings. The Morgan fingerprint density at radius 1 is 0.897 bits per heavy atom. The number of Topliss-reactive ketones (excluding diaryl/α,β-unsaturated/α-hetero) is 1. The van der Waals surface area contributed by atoms with Gasteiger partial charge in [-0.25, -0.2) is 4.39 Å². The summed E-state index contributed by atoms with van der Waals surface area (Å²) in [5.41, 5.74) is 0.745. The highest BCUT2D eigenvalue weighted by Crippen LogP contribution is 2.44. The molecule has 1 N–H and O–H groups in total. The van der Waals surface area contributed by atoms with Crippen LogP contribution in [0.1, 0.15) is 24.1 Å². The van der Waals surface area contributed by atoms with E-state index in [1.165, 1.54) is 35.2 Å². The van der Waals surface area contributed by atoms with Crippen molar-refractivity contribution in [3.05, 3.63) is 125 Å². The van der Waals surface area contributed by atoms with Crippen molar-refractivity contribution in [3.63, 3.8) is 0 Å². The van der Waals surface area contributed by atoms with Gasteiger partial charge in [0.05, 0.1) is 23.2 Å². The predicted molar refractivity (Wildman–Crippen MR) is 147 cm³/mol. The first-order valence-corrected chi connectivity index (χ1v) is 12.6. The molecule has 1 saturated heterocycles. The van der Waals surface area contributed by atoms with Crippen LogP contribution >= 0.6 is 11.6 Å². The van der Waals surface area contributed by atoms with E-state index in [0.717, 1.165) is 0 Å². The number of rotatable bonds is 7. The van der Waals surface area contributed by atoms with Crippen LogP contribution in [0.3, 0.4) is 0 Å². The van der Waals surface area contributed by atoms with Crippen LogP contribution < -0.4 is 14.4 Å². The molecule has 1 heterocycles. The maximum atomic E-state index is 13.7. The van der Waals surface area contributed by atoms with Crippen molar-refractivity contribution in [1.82, 2.24) is 0 Å². The number of para-hydroxylation sites is 1. The number of ketones is 1. The average molecular weight is 544 g/mol. The number of benzene rings is 4. The highest BCUT2D eigenvalue weighted by molar-refractivity contribution is 6.52. The SMILES string of the molecule is CCOc1ccc(Cl)c(/C(O)=C2\C(=O)C(=O)N(c3ccc(F)cc3)C2c2cccc(Oc3ccccc3)c2)c1. The number of hydrogen-bond acceptors (Lipinski definition) is 5. The molecular formula is C31H23ClFNO5. The van der Waals surface area contributed by atoms with E-state index >= 15 is 0 Å². The van der Waals surface area contributed by atoms with Crippen molar-refractivity contribution in [3.8, 4) is 17.2 Å². The van der Waals surface area contributed by atoms with Gasteiger partial charge < -0.3 is 14.6 Å². The zero-order valence-electron chi connectivity index (χ0n) is 20.8. The second kappa shape index (κ2) is 11.0. The fourth-order valence-corrected chi connectivity index (χ4v) is 4.68. The van der Waals surface area contributed by atoms with Crippen LogP contribution in [0.2, 0.25) is 5.02 Å². The molecule has 4 aromatic carbocycles. The maximum Gasteiger partial charge on any atom is 0.300 e. The van der Waals surface area contributed by atoms with Crippen LogP contribution in [-0.2, 0) is 9.59 Å². The standard InChI is InChI=1S/C31H23ClFNO5/c1-2-38-23-15-16-26(32)25(18-23)29(35)27-28(34(31(37)30(27)36)21-13-11-20(33)12-14-21)19-7-6-10-24(17-19)39-22-8-4-3-5-9-22/h3-18,28,35H,2H2,1H3/b29-27+. The lowest BCUT2D eigenvalue weighted by atomic mass is 9.95. The molecule has 5 rings (SSSR count). The molecule has 0 aromatic heterocycles. The Hall–Kier alpha value is -4.62. The molecule has 6 nitrogen and oxygen atoms in total. The van der Waals surface area contributed by atoms with E-state index in [2.05, 4.69) is 0 Å². The van der Waals surface area contributed by atoms with Gasteiger partial charge in [-0.2, -0.15) is 0 Å². The van der Waals surface area contributed by atoms with Crippen LogP contribution in [0.4, 0.5) is 10.1 Å². The summed E-state index contributed by atoms with van der Waals surface area (Å²) in [6, 6.07) is 24.8. The van der Waals surface area contributed by atoms with Crippen molar-refractivity contribution >= 4 is 34.7 Å². The number of hydrogen-bond donors (Lipinski definition) is 1. The van der Waals surface area contributed by atoms with E-state index in [-0.39, 0.29) is 21.8 Å². The first-order chi connectivity index (χ1) is 18.9. The second-order valence-corrected chi connectivity index (χ2v) is 9.11. The molecule has 1 aliphatic heterocycles. The van der Waals surface area contributed by atoms with Crippen LogP contribution in [0.25, 0.3) is 5.76 Å². The molecule has 0 aliphatic carbocycles. The first kappa shape index (κ1) is 26.0. The Kier molecular flexibility index (Phi) is 7.34. The zero-order chi connectivity index (χ0) is 27.5. The Morgan fingerprint density at radius 3 is 2.33 bits per heavy atom. The average Bonchev–Trinajstić information content (AvgIpc) is 3.21. The van der Waals surface area contributed by atoms with E-state index in [9.17, 15) is 19.1 Å². The third kappa shape index (κ3) is 5.22. The molecule has 4 aromatic rings. The van der Waals surface area contributed by atoms with Gasteiger partial charge in [0.2, 0.25) is 0 Å². The summed E-state index contributed by atoms with van der Waals surface area (Å²) in [7, 11) is 0. The van der Waals surface area contributed by atoms with Crippen LogP contribution in [0.5, 0.6) is 17.2 Å². The van der Waals surface area contributed by atoms with Gasteiger partial charge in [-0.3, -0.25) is 14.5 Å². The minimum Gasteiger partial charge on any atom is -0.507 e. The quantitative estimate of drug-likeness (QED) is 0.150. The molecular weight excluding hydrogens is 521 g/mol. The zero-order valence-corrected chi connectivity index (χ0v) is 21.6. The third-order valence-electron chi connectivity index (χ3n) is 6.21. The number of aliphatic hydroxyl groups is 1. The second-order valence-electron chi connectivity index (χ2n) is 8.71. The highest BCUT2D eigenvalue weighted by Gasteiger charge is 2.47. The van der Waals surface area contributed by atoms with Crippen molar-refractivity contribution in [2.45, 2.75) is 13.0 Å². The molecule has 196 valence electrons. The lowest BCUT2D eigenvalue weighted by molar-refractivity contribution is -0.132. The minimum absolute atomic E-state index is 0.140. The Morgan fingerprint density at radius 2 is 1.62 bits per heavy atom. The summed E-state index contributed by atoms with van der Waals surface area (Å²) in [5, 5.41) is 11.6. The Bertz CT molecular complexity index is 1570. The largest absolute Gasteiger partial charge is 0.507 e. The normalized spacial score (nSPS) is 16.4. The van der Waals surface area contributed by atoms with Gasteiger partial charge in [-0.15, -0.1) is 0 Å². The van der Waals surface area contributed by atoms with Crippen molar-refractivity contribution in [2.75, 3.05) is 11.5 Å². The predicted octanol–water partition coefficient (Wildman–Crippen LogP) is 7.30. The molecule has 1 unspecified atom stereocenters. The lowest BCUT2D eigenvalue weighted by Gasteiger charge is -2.26. The third-order valence-corrected chi connectivity index (χ3v) is 6.54. The fraction of sp³-hybridized carbons (Fsp3) is 0.0968. The monoisotopic (exact) mass is 543 g/mol. The number of carbonyl (C=O) groups excluding carboxylic acids is 2. The van der Waals surface area contributed by atoms with Crippen LogP contribution in [-0.4, -0.2) is 23.4 Å². The number of halogens is 2. The number of carbonyl (C=O) groups is 2. The molecule has 0 spiro atoms. The topological polar surface area (TPSA) is 76.1 Å². The Balaban J connectivity index is 1.68. The number of ether oxygens (including phenoxy) is 2. The van der Waals surface area contributed by atoms with E-state index in [1.807, 2.05) is 25.1 Å². The van der Waals surface area contributed by atoms with E-state index in [1.54, 1.807) is 48.5 Å². The van der Waals surface area contributed by atoms with Crippen molar-refractivity contribution < 1.29 is 28.6 Å². The van der Waals surface area contributed by atoms with Gasteiger partial charge in [-0.1, -0.05) is 41.9 Å². The summed E-state index contributed by atoms with van der Waals surface area (Å²) in [5.74, 6) is -1.24. The number of anilines is 1. The molecule has 8 heteroatoms. The molecule has 1 amide bonds. The van der Waals surface area contributed by atoms with E-state index in [4.69, 9.17) is 21.1 Å². The number of aliphatic hydroxyl groups excluding tert-OH is 1. The molecule has 1 atom stereocenters. The summed E-state index contributed by atoms with van der Waals surface area (Å²) in [6.07, 6.45) is 0. The Labute approximate surface area is 229 Å². The smallest absolute Gasteiger partial charge is 0.300 e. The molecule has 1 aliphatic rings. The fourth-order valence-electron chi connectivity index (χ4n) is 4.48. The van der Waals surface area contributed by atoms with Crippen LogP contribution in [0.15, 0.2) is 103 Å². The molecule has 0 bridgehead atoms. The van der Waals surface area contributed by atoms with Gasteiger partial charge in [0.25, 0.3) is 11.7 Å². The molecule has 0 saturated carbocycles. The van der Waals surface area contributed by atoms with Crippen molar-refractivity contribution in [1.29, 1.82) is 0 Å². The van der Waals surface area contributed by atoms with Gasteiger partial charge in [0.15, 0.2) is 0 Å². The maximum absolute atomic E-state index is 13.7. The van der Waals surface area contributed by atoms with Crippen molar-refractivity contribution in [2.24, 2.45) is 0 Å². The van der Waals surface area contributed by atoms with Gasteiger partial charge in [-0.05, 0) is 79.2 Å². The summed E-state index contributed by atoms with van der Waals surface area (Å²) < 4.78 is 25.3. The minimum atomic E-state index is -1.05. The van der Waals surface area contributed by atoms with Gasteiger partial charge in [0.1, 0.15) is 28.8 Å². The highest BCUT2D eigenvalue weighted by atomic mass is 35.5. The molecule has 0 radical (unpaired) electrons. The summed E-state index contributed by atoms with van der Waals surface area (Å²) >= 11 is 6.41. The summed E-state index contributed by atoms with van der Waals surface area (Å²) in [4.78, 5) is 28.1.